The molecule has 2 aromatic heterocycles. The van der Waals surface area contributed by atoms with Crippen LogP contribution in [0.2, 0.25) is 0 Å². The minimum absolute atomic E-state index is 0.0117. The second kappa shape index (κ2) is 47.4. The second-order valence-corrected chi connectivity index (χ2v) is 38.0. The summed E-state index contributed by atoms with van der Waals surface area (Å²) in [6, 6.07) is 7.39. The van der Waals surface area contributed by atoms with Gasteiger partial charge >= 0.3 is 11.8 Å². The number of aliphatic hydroxyl groups is 2. The van der Waals surface area contributed by atoms with E-state index < -0.39 is 168 Å². The molecule has 3 amide bonds. The van der Waals surface area contributed by atoms with Gasteiger partial charge < -0.3 is 135 Å². The van der Waals surface area contributed by atoms with E-state index in [1.54, 1.807) is 0 Å². The smallest absolute Gasteiger partial charge is 0.407 e. The summed E-state index contributed by atoms with van der Waals surface area (Å²) in [4.78, 5) is 161. The number of ether oxygens (including phenoxy) is 8. The molecule has 119 heavy (non-hydrogen) atoms. The van der Waals surface area contributed by atoms with Crippen LogP contribution in [0.25, 0.3) is 11.3 Å². The fourth-order valence-electron chi connectivity index (χ4n) is 11.2. The Morgan fingerprint density at radius 1 is 0.563 bits per heavy atom. The molecule has 50 nitrogen and oxygen atoms in total. The molecular formula is C61H90N8O42P8-8. The molecule has 0 spiro atoms. The number of alkyl carbamates (subject to hydrolysis) is 1. The predicted molar refractivity (Wildman–Crippen MR) is 386 cm³/mol. The van der Waals surface area contributed by atoms with E-state index in [1.807, 2.05) is 31.2 Å². The Hall–Kier alpha value is -4.97. The first-order valence-electron chi connectivity index (χ1n) is 36.4. The number of benzene rings is 1. The SMILES string of the molecule is C=C1NC(=O)C(C)=CN1[C@H]1CC(O)[C@@H](COP(=O)([O-])OP(=O)([O-])OP(=O)([O-])OP(=O)([O-])OP(=O)([O-])OP(=O)([O-])OCCCCCCNC(=O)CCOCCOCCOCCOCCOc2ccc(-c3nnc(C)c4c3CCCC(OC(=O)NCCOP(=O)([O-])OCCCOP(=O)([O-])OC[C@H]3O[C@@H](n5cc(C)c(=O)[nH]c5=O)CC3O)CC4)cc2)O1. The van der Waals surface area contributed by atoms with Crippen LogP contribution in [0, 0.1) is 13.8 Å². The number of phosphoric acid groups is 8. The summed E-state index contributed by atoms with van der Waals surface area (Å²) in [5.74, 6) is -0.217. The lowest BCUT2D eigenvalue weighted by Gasteiger charge is -2.38. The van der Waals surface area contributed by atoms with Crippen LogP contribution < -0.4 is 71.1 Å². The van der Waals surface area contributed by atoms with Crippen molar-refractivity contribution >= 4 is 80.5 Å². The summed E-state index contributed by atoms with van der Waals surface area (Å²) >= 11 is 0. The van der Waals surface area contributed by atoms with Crippen LogP contribution >= 0.6 is 62.6 Å². The average Bonchev–Trinajstić information content (AvgIpc) is 1.67. The zero-order valence-corrected chi connectivity index (χ0v) is 71.2. The van der Waals surface area contributed by atoms with E-state index in [4.69, 9.17) is 56.0 Å². The number of rotatable bonds is 54. The highest BCUT2D eigenvalue weighted by molar-refractivity contribution is 7.71. The van der Waals surface area contributed by atoms with Gasteiger partial charge in [0.1, 0.15) is 48.9 Å². The molecule has 4 aliphatic rings. The molecule has 6 N–H and O–H groups in total. The Morgan fingerprint density at radius 3 is 1.67 bits per heavy atom. The number of unbranched alkanes of at least 4 members (excludes halogenated alkanes) is 3. The molecule has 7 rings (SSSR count). The second-order valence-electron chi connectivity index (χ2n) is 26.0. The summed E-state index contributed by atoms with van der Waals surface area (Å²) in [6.07, 6.45) is -2.96. The van der Waals surface area contributed by atoms with Crippen molar-refractivity contribution in [1.29, 1.82) is 0 Å². The third kappa shape index (κ3) is 36.6. The van der Waals surface area contributed by atoms with Crippen LogP contribution in [0.4, 0.5) is 4.79 Å². The maximum absolute atomic E-state index is 12.7. The number of nitrogens with one attached hydrogen (secondary N) is 4. The van der Waals surface area contributed by atoms with E-state index in [2.05, 4.69) is 68.3 Å². The van der Waals surface area contributed by atoms with Crippen molar-refractivity contribution in [3.63, 3.8) is 0 Å². The fraction of sp³-hybridized carbons (Fsp3) is 0.656. The summed E-state index contributed by atoms with van der Waals surface area (Å²) in [6.45, 7) is 6.33. The molecule has 11 unspecified atom stereocenters. The molecule has 0 radical (unpaired) electrons. The van der Waals surface area contributed by atoms with E-state index in [0.29, 0.717) is 63.9 Å². The highest BCUT2D eigenvalue weighted by Gasteiger charge is 2.41. The average molecular weight is 1860 g/mol. The van der Waals surface area contributed by atoms with Gasteiger partial charge in [0.15, 0.2) is 0 Å². The number of aliphatic hydroxyl groups excluding tert-OH is 2. The summed E-state index contributed by atoms with van der Waals surface area (Å²) in [7, 11) is -49.4. The molecule has 1 aliphatic carbocycles. The fourth-order valence-corrected chi connectivity index (χ4v) is 20.3. The van der Waals surface area contributed by atoms with E-state index in [0.717, 1.165) is 32.6 Å². The van der Waals surface area contributed by atoms with Gasteiger partial charge in [0, 0.05) is 61.4 Å². The van der Waals surface area contributed by atoms with Crippen LogP contribution in [-0.2, 0) is 141 Å². The van der Waals surface area contributed by atoms with Crippen molar-refractivity contribution in [3.8, 4) is 17.0 Å². The third-order valence-electron chi connectivity index (χ3n) is 16.8. The zero-order chi connectivity index (χ0) is 87.4. The number of aromatic nitrogens is 4. The van der Waals surface area contributed by atoms with Gasteiger partial charge in [-0.05, 0) is 108 Å². The number of aryl methyl sites for hydroxylation is 2. The zero-order valence-electron chi connectivity index (χ0n) is 64.0. The Labute approximate surface area is 679 Å². The normalized spacial score (nSPS) is 23.1. The minimum Gasteiger partial charge on any atom is -0.756 e. The molecule has 58 heteroatoms. The Bertz CT molecular complexity index is 4450. The number of aromatic amines is 1. The molecule has 0 saturated carbocycles. The summed E-state index contributed by atoms with van der Waals surface area (Å²) in [5.41, 5.74) is 3.32. The monoisotopic (exact) mass is 1850 g/mol. The number of H-pyrrole nitrogens is 1. The first-order valence-corrected chi connectivity index (χ1v) is 48.1. The van der Waals surface area contributed by atoms with Gasteiger partial charge in [-0.2, -0.15) is 5.10 Å². The van der Waals surface area contributed by atoms with Crippen LogP contribution in [-0.4, -0.2) is 202 Å². The van der Waals surface area contributed by atoms with E-state index in [1.165, 1.54) is 31.1 Å². The van der Waals surface area contributed by atoms with Crippen molar-refractivity contribution < 1.29 is 187 Å². The van der Waals surface area contributed by atoms with E-state index in [-0.39, 0.29) is 121 Å². The van der Waals surface area contributed by atoms with Gasteiger partial charge in [0.25, 0.3) is 74.0 Å². The van der Waals surface area contributed by atoms with Crippen molar-refractivity contribution in [3.05, 3.63) is 97.9 Å². The highest BCUT2D eigenvalue weighted by atomic mass is 31.3. The molecule has 3 aliphatic heterocycles. The number of hydrogen-bond acceptors (Lipinski definition) is 45. The molecular weight excluding hydrogens is 1760 g/mol. The number of nitrogens with zero attached hydrogens (tertiary/aromatic N) is 4. The van der Waals surface area contributed by atoms with Gasteiger partial charge in [-0.25, -0.2) is 31.1 Å². The van der Waals surface area contributed by atoms with Crippen molar-refractivity contribution in [2.75, 3.05) is 112 Å². The maximum atomic E-state index is 12.7. The van der Waals surface area contributed by atoms with Gasteiger partial charge in [0.05, 0.1) is 116 Å². The number of fused-ring (bicyclic) bond motifs is 1. The number of carbonyl (C=O) groups excluding carboxylic acids is 3. The molecule has 0 bridgehead atoms. The molecule has 15 atom stereocenters. The predicted octanol–water partition coefficient (Wildman–Crippen LogP) is -0.563. The van der Waals surface area contributed by atoms with Crippen LogP contribution in [0.15, 0.2) is 64.2 Å². The van der Waals surface area contributed by atoms with Crippen LogP contribution in [0.3, 0.4) is 0 Å². The Balaban J connectivity index is 0.635. The van der Waals surface area contributed by atoms with Gasteiger partial charge in [-0.1, -0.05) is 19.4 Å². The first-order chi connectivity index (χ1) is 55.9. The number of carbonyl (C=O) groups is 3. The lowest BCUT2D eigenvalue weighted by Crippen LogP contribution is -2.42. The highest BCUT2D eigenvalue weighted by Crippen LogP contribution is 2.71. The summed E-state index contributed by atoms with van der Waals surface area (Å²) in [5, 5.41) is 37.2. The van der Waals surface area contributed by atoms with Crippen molar-refractivity contribution in [2.45, 2.75) is 147 Å². The van der Waals surface area contributed by atoms with Gasteiger partial charge in [-0.3, -0.25) is 60.5 Å². The maximum Gasteiger partial charge on any atom is 0.407 e. The standard InChI is InChI=1S/C61H98N8O42P8/c1-41-37-68(44(4)64-58(41)73)55-35-50(70)53(105-55)40-103-115(83,84)108-117(87,88)110-119(91,92)111-118(89,90)109-116(85,86)107-114(81,82)100-22-8-6-5-7-20-62-54(72)19-25-93-27-28-94-29-30-95-31-32-96-33-34-97-46-15-13-45(14-16-46)57-49-12-9-11-47(17-18-48(49)43(3)66-67-57)104-61(76)63-21-26-101-112(77,78)98-23-10-24-99-113(79,80)102-39-52-51(71)36-56(106-52)69-38-42(2)59(74)65-60(69)75/h13-16,37-38,47,50-53,55-56,70-71H,4-12,17-36,39-40H2,1-3H3,(H,62,72)(H,63,76)(H,64,73)(H,77,78)(H,79,80)(H,81,82)(H,83,84)(H,85,86)(H,87,88)(H,89,90)(H,91,92)(H,65,74,75)/p-8/t47?,50?,51?,52-,53-,55-,56-/m1/s1. The quantitative estimate of drug-likeness (QED) is 0.0305. The Morgan fingerprint density at radius 2 is 1.07 bits per heavy atom. The largest absolute Gasteiger partial charge is 0.756 e. The first kappa shape index (κ1) is 101. The molecule has 674 valence electrons. The van der Waals surface area contributed by atoms with Gasteiger partial charge in [-0.15, -0.1) is 5.10 Å². The molecule has 1 aromatic carbocycles. The van der Waals surface area contributed by atoms with Crippen LogP contribution in [0.1, 0.15) is 106 Å². The number of hydrogen-bond donors (Lipinski definition) is 6. The van der Waals surface area contributed by atoms with E-state index >= 15 is 0 Å². The molecule has 2 fully saturated rings. The summed E-state index contributed by atoms with van der Waals surface area (Å²) < 4.78 is 188. The Kier molecular flexibility index (Phi) is 40.3. The number of phosphoric ester groups is 4. The number of amides is 3. The molecule has 2 saturated heterocycles. The molecule has 5 heterocycles. The third-order valence-corrected chi connectivity index (χ3v) is 27.7. The van der Waals surface area contributed by atoms with E-state index in [9.17, 15) is 110 Å². The lowest BCUT2D eigenvalue weighted by atomic mass is 9.89. The lowest BCUT2D eigenvalue weighted by molar-refractivity contribution is -0.257. The van der Waals surface area contributed by atoms with Gasteiger partial charge in [0.2, 0.25) is 5.91 Å². The van der Waals surface area contributed by atoms with Crippen molar-refractivity contribution in [2.24, 2.45) is 0 Å². The van der Waals surface area contributed by atoms with Crippen LogP contribution in [0.5, 0.6) is 5.75 Å². The van der Waals surface area contributed by atoms with Crippen molar-refractivity contribution in [1.82, 2.24) is 40.6 Å². The minimum atomic E-state index is -6.96. The molecule has 3 aromatic rings. The topological polar surface area (TPSA) is 708 Å².